The summed E-state index contributed by atoms with van der Waals surface area (Å²) in [4.78, 5) is 11.6. The quantitative estimate of drug-likeness (QED) is 0.705. The first-order valence-corrected chi connectivity index (χ1v) is 8.07. The summed E-state index contributed by atoms with van der Waals surface area (Å²) in [6.45, 7) is 0.864. The Morgan fingerprint density at radius 2 is 2.14 bits per heavy atom. The lowest BCUT2D eigenvalue weighted by atomic mass is 9.87. The summed E-state index contributed by atoms with van der Waals surface area (Å²) < 4.78 is 0. The Hall–Kier alpha value is -1.55. The van der Waals surface area contributed by atoms with Gasteiger partial charge < -0.3 is 15.7 Å². The number of phenols is 1. The molecule has 1 amide bonds. The lowest BCUT2D eigenvalue weighted by Gasteiger charge is -2.26. The Kier molecular flexibility index (Phi) is 4.44. The summed E-state index contributed by atoms with van der Waals surface area (Å²) in [5, 5.41) is 16.1. The van der Waals surface area contributed by atoms with Gasteiger partial charge in [-0.25, -0.2) is 0 Å². The molecule has 0 spiro atoms. The first-order chi connectivity index (χ1) is 10.2. The van der Waals surface area contributed by atoms with Gasteiger partial charge in [0.1, 0.15) is 5.75 Å². The number of benzene rings is 1. The van der Waals surface area contributed by atoms with Gasteiger partial charge in [0.25, 0.3) is 0 Å². The van der Waals surface area contributed by atoms with Gasteiger partial charge in [0, 0.05) is 18.5 Å². The number of aryl methyl sites for hydroxylation is 1. The van der Waals surface area contributed by atoms with Crippen molar-refractivity contribution in [2.24, 2.45) is 0 Å². The number of phenolic OH excluding ortho intramolecular Hbond substituents is 1. The van der Waals surface area contributed by atoms with E-state index in [1.54, 1.807) is 6.07 Å². The molecule has 1 unspecified atom stereocenters. The molecule has 0 radical (unpaired) electrons. The van der Waals surface area contributed by atoms with E-state index in [1.165, 1.54) is 11.1 Å². The SMILES string of the molecule is O=C(CCCNC1CCCc2cc(O)ccc21)NC1CC1. The molecule has 2 aliphatic rings. The van der Waals surface area contributed by atoms with Crippen molar-refractivity contribution in [3.8, 4) is 5.75 Å². The highest BCUT2D eigenvalue weighted by atomic mass is 16.3. The zero-order valence-electron chi connectivity index (χ0n) is 12.4. The van der Waals surface area contributed by atoms with Crippen molar-refractivity contribution in [1.29, 1.82) is 0 Å². The van der Waals surface area contributed by atoms with Gasteiger partial charge in [-0.05, 0) is 68.3 Å². The number of fused-ring (bicyclic) bond motifs is 1. The van der Waals surface area contributed by atoms with Gasteiger partial charge in [0.15, 0.2) is 0 Å². The van der Waals surface area contributed by atoms with Crippen LogP contribution in [-0.4, -0.2) is 23.6 Å². The van der Waals surface area contributed by atoms with E-state index in [4.69, 9.17) is 0 Å². The number of carbonyl (C=O) groups excluding carboxylic acids is 1. The zero-order valence-corrected chi connectivity index (χ0v) is 12.4. The molecule has 0 bridgehead atoms. The van der Waals surface area contributed by atoms with Gasteiger partial charge in [0.2, 0.25) is 5.91 Å². The molecule has 0 aromatic heterocycles. The monoisotopic (exact) mass is 288 g/mol. The Balaban J connectivity index is 1.44. The number of hydrogen-bond acceptors (Lipinski definition) is 3. The van der Waals surface area contributed by atoms with Gasteiger partial charge in [-0.1, -0.05) is 6.07 Å². The fourth-order valence-corrected chi connectivity index (χ4v) is 3.07. The smallest absolute Gasteiger partial charge is 0.220 e. The van der Waals surface area contributed by atoms with Crippen LogP contribution >= 0.6 is 0 Å². The van der Waals surface area contributed by atoms with E-state index in [0.29, 0.717) is 24.3 Å². The fourth-order valence-electron chi connectivity index (χ4n) is 3.07. The molecule has 1 aromatic carbocycles. The summed E-state index contributed by atoms with van der Waals surface area (Å²) in [5.41, 5.74) is 2.56. The van der Waals surface area contributed by atoms with E-state index >= 15 is 0 Å². The van der Waals surface area contributed by atoms with Crippen LogP contribution in [0.5, 0.6) is 5.75 Å². The van der Waals surface area contributed by atoms with Gasteiger partial charge in [-0.3, -0.25) is 4.79 Å². The molecule has 0 aliphatic heterocycles. The third-order valence-electron chi connectivity index (χ3n) is 4.35. The van der Waals surface area contributed by atoms with Crippen LogP contribution in [0.15, 0.2) is 18.2 Å². The van der Waals surface area contributed by atoms with Crippen LogP contribution in [0.2, 0.25) is 0 Å². The fraction of sp³-hybridized carbons (Fsp3) is 0.588. The van der Waals surface area contributed by atoms with Crippen LogP contribution in [0.1, 0.15) is 55.7 Å². The Bertz CT molecular complexity index is 512. The molecule has 4 heteroatoms. The number of hydrogen-bond donors (Lipinski definition) is 3. The van der Waals surface area contributed by atoms with Crippen molar-refractivity contribution in [2.75, 3.05) is 6.54 Å². The van der Waals surface area contributed by atoms with Crippen LogP contribution in [-0.2, 0) is 11.2 Å². The second-order valence-corrected chi connectivity index (χ2v) is 6.23. The van der Waals surface area contributed by atoms with E-state index in [-0.39, 0.29) is 5.91 Å². The van der Waals surface area contributed by atoms with Crippen molar-refractivity contribution in [3.05, 3.63) is 29.3 Å². The molecule has 114 valence electrons. The van der Waals surface area contributed by atoms with Crippen LogP contribution in [0.4, 0.5) is 0 Å². The summed E-state index contributed by atoms with van der Waals surface area (Å²) >= 11 is 0. The molecule has 1 fully saturated rings. The predicted molar refractivity (Wildman–Crippen MR) is 82.2 cm³/mol. The lowest BCUT2D eigenvalue weighted by molar-refractivity contribution is -0.121. The van der Waals surface area contributed by atoms with Gasteiger partial charge in [0.05, 0.1) is 0 Å². The van der Waals surface area contributed by atoms with Crippen LogP contribution in [0.25, 0.3) is 0 Å². The Labute approximate surface area is 125 Å². The third kappa shape index (κ3) is 3.97. The van der Waals surface area contributed by atoms with E-state index < -0.39 is 0 Å². The van der Waals surface area contributed by atoms with Crippen molar-refractivity contribution >= 4 is 5.91 Å². The first kappa shape index (κ1) is 14.4. The van der Waals surface area contributed by atoms with Gasteiger partial charge >= 0.3 is 0 Å². The molecular weight excluding hydrogens is 264 g/mol. The molecule has 2 aliphatic carbocycles. The zero-order chi connectivity index (χ0) is 14.7. The summed E-state index contributed by atoms with van der Waals surface area (Å²) in [6, 6.07) is 6.50. The average molecular weight is 288 g/mol. The number of amides is 1. The molecule has 1 atom stereocenters. The highest BCUT2D eigenvalue weighted by Gasteiger charge is 2.23. The maximum absolute atomic E-state index is 11.6. The predicted octanol–water partition coefficient (Wildman–Crippen LogP) is 2.42. The minimum atomic E-state index is 0.188. The number of carbonyl (C=O) groups is 1. The minimum Gasteiger partial charge on any atom is -0.508 e. The van der Waals surface area contributed by atoms with Gasteiger partial charge in [-0.15, -0.1) is 0 Å². The highest BCUT2D eigenvalue weighted by Crippen LogP contribution is 2.31. The van der Waals surface area contributed by atoms with Crippen LogP contribution in [0.3, 0.4) is 0 Å². The second-order valence-electron chi connectivity index (χ2n) is 6.23. The number of nitrogens with one attached hydrogen (secondary N) is 2. The van der Waals surface area contributed by atoms with Crippen molar-refractivity contribution in [2.45, 2.75) is 57.0 Å². The minimum absolute atomic E-state index is 0.188. The molecule has 1 saturated carbocycles. The summed E-state index contributed by atoms with van der Waals surface area (Å²) in [5.74, 6) is 0.541. The molecule has 3 rings (SSSR count). The molecule has 1 aromatic rings. The van der Waals surface area contributed by atoms with Crippen molar-refractivity contribution < 1.29 is 9.90 Å². The maximum atomic E-state index is 11.6. The second kappa shape index (κ2) is 6.48. The Morgan fingerprint density at radius 3 is 2.95 bits per heavy atom. The largest absolute Gasteiger partial charge is 0.508 e. The molecular formula is C17H24N2O2. The average Bonchev–Trinajstić information content (AvgIpc) is 3.27. The lowest BCUT2D eigenvalue weighted by Crippen LogP contribution is -2.28. The van der Waals surface area contributed by atoms with E-state index in [0.717, 1.165) is 45.1 Å². The maximum Gasteiger partial charge on any atom is 0.220 e. The van der Waals surface area contributed by atoms with E-state index in [1.807, 2.05) is 12.1 Å². The first-order valence-electron chi connectivity index (χ1n) is 8.07. The van der Waals surface area contributed by atoms with E-state index in [2.05, 4.69) is 10.6 Å². The van der Waals surface area contributed by atoms with Crippen LogP contribution in [0, 0.1) is 0 Å². The third-order valence-corrected chi connectivity index (χ3v) is 4.35. The number of aromatic hydroxyl groups is 1. The normalized spacial score (nSPS) is 20.9. The standard InChI is InChI=1S/C17H24N2O2/c20-14-8-9-15-12(11-14)3-1-4-16(15)18-10-2-5-17(21)19-13-6-7-13/h8-9,11,13,16,18,20H,1-7,10H2,(H,19,21). The summed E-state index contributed by atoms with van der Waals surface area (Å²) in [6.07, 6.45) is 7.11. The molecule has 0 saturated heterocycles. The van der Waals surface area contributed by atoms with Crippen molar-refractivity contribution in [3.63, 3.8) is 0 Å². The van der Waals surface area contributed by atoms with Crippen LogP contribution < -0.4 is 10.6 Å². The van der Waals surface area contributed by atoms with Gasteiger partial charge in [-0.2, -0.15) is 0 Å². The summed E-state index contributed by atoms with van der Waals surface area (Å²) in [7, 11) is 0. The van der Waals surface area contributed by atoms with E-state index in [9.17, 15) is 9.90 Å². The molecule has 3 N–H and O–H groups in total. The Morgan fingerprint density at radius 1 is 1.29 bits per heavy atom. The topological polar surface area (TPSA) is 61.4 Å². The van der Waals surface area contributed by atoms with Crippen molar-refractivity contribution in [1.82, 2.24) is 10.6 Å². The molecule has 4 nitrogen and oxygen atoms in total. The number of rotatable bonds is 6. The highest BCUT2D eigenvalue weighted by molar-refractivity contribution is 5.76. The molecule has 0 heterocycles. The molecule has 21 heavy (non-hydrogen) atoms.